The summed E-state index contributed by atoms with van der Waals surface area (Å²) in [5.41, 5.74) is 0.951. The molecule has 1 aromatic carbocycles. The van der Waals surface area contributed by atoms with Crippen molar-refractivity contribution in [2.45, 2.75) is 38.0 Å². The van der Waals surface area contributed by atoms with Crippen LogP contribution in [0, 0.1) is 5.82 Å². The first-order chi connectivity index (χ1) is 8.20. The van der Waals surface area contributed by atoms with Crippen LogP contribution in [0.2, 0.25) is 0 Å². The number of hydrogen-bond donors (Lipinski definition) is 1. The van der Waals surface area contributed by atoms with Gasteiger partial charge in [0.1, 0.15) is 5.82 Å². The molecular weight excluding hydrogens is 285 g/mol. The first-order valence-corrected chi connectivity index (χ1v) is 6.70. The van der Waals surface area contributed by atoms with Gasteiger partial charge in [0.2, 0.25) is 0 Å². The summed E-state index contributed by atoms with van der Waals surface area (Å²) in [6.07, 6.45) is 3.73. The quantitative estimate of drug-likeness (QED) is 0.922. The van der Waals surface area contributed by atoms with Crippen molar-refractivity contribution in [3.8, 4) is 0 Å². The minimum atomic E-state index is -0.195. The van der Waals surface area contributed by atoms with Crippen LogP contribution in [0.25, 0.3) is 0 Å². The number of ether oxygens (including phenoxy) is 1. The van der Waals surface area contributed by atoms with Crippen LogP contribution in [0.4, 0.5) is 4.39 Å². The Kier molecular flexibility index (Phi) is 4.54. The Morgan fingerprint density at radius 3 is 3.06 bits per heavy atom. The highest BCUT2D eigenvalue weighted by atomic mass is 79.9. The molecule has 0 radical (unpaired) electrons. The fourth-order valence-electron chi connectivity index (χ4n) is 2.36. The molecule has 1 aliphatic carbocycles. The summed E-state index contributed by atoms with van der Waals surface area (Å²) in [5, 5.41) is 3.45. The van der Waals surface area contributed by atoms with Crippen molar-refractivity contribution < 1.29 is 9.13 Å². The molecule has 1 saturated carbocycles. The largest absolute Gasteiger partial charge is 0.380 e. The van der Waals surface area contributed by atoms with E-state index in [1.54, 1.807) is 19.2 Å². The minimum absolute atomic E-state index is 0.195. The van der Waals surface area contributed by atoms with Crippen LogP contribution in [-0.4, -0.2) is 19.3 Å². The molecule has 2 nitrogen and oxygen atoms in total. The lowest BCUT2D eigenvalue weighted by molar-refractivity contribution is 0.0847. The molecule has 0 amide bonds. The van der Waals surface area contributed by atoms with Crippen molar-refractivity contribution in [3.05, 3.63) is 34.1 Å². The highest BCUT2D eigenvalue weighted by Gasteiger charge is 2.26. The minimum Gasteiger partial charge on any atom is -0.380 e. The summed E-state index contributed by atoms with van der Waals surface area (Å²) in [5.74, 6) is -0.195. The van der Waals surface area contributed by atoms with Crippen LogP contribution < -0.4 is 5.32 Å². The Labute approximate surface area is 110 Å². The second kappa shape index (κ2) is 5.94. The number of rotatable bonds is 4. The van der Waals surface area contributed by atoms with Gasteiger partial charge in [-0.25, -0.2) is 4.39 Å². The molecule has 1 fully saturated rings. The zero-order valence-corrected chi connectivity index (χ0v) is 11.5. The maximum absolute atomic E-state index is 13.1. The van der Waals surface area contributed by atoms with Crippen LogP contribution >= 0.6 is 15.9 Å². The number of nitrogens with one attached hydrogen (secondary N) is 1. The van der Waals surface area contributed by atoms with Crippen molar-refractivity contribution in [3.63, 3.8) is 0 Å². The topological polar surface area (TPSA) is 21.3 Å². The summed E-state index contributed by atoms with van der Waals surface area (Å²) >= 11 is 3.43. The molecule has 2 unspecified atom stereocenters. The zero-order chi connectivity index (χ0) is 12.3. The molecular formula is C13H17BrFNO. The maximum Gasteiger partial charge on any atom is 0.123 e. The Bertz CT molecular complexity index is 386. The summed E-state index contributed by atoms with van der Waals surface area (Å²) in [4.78, 5) is 0. The van der Waals surface area contributed by atoms with Gasteiger partial charge in [-0.1, -0.05) is 15.9 Å². The van der Waals surface area contributed by atoms with Gasteiger partial charge in [-0.05, 0) is 43.0 Å². The van der Waals surface area contributed by atoms with Gasteiger partial charge >= 0.3 is 0 Å². The molecule has 0 aliphatic heterocycles. The number of hydrogen-bond acceptors (Lipinski definition) is 2. The Balaban J connectivity index is 1.95. The van der Waals surface area contributed by atoms with Gasteiger partial charge in [-0.3, -0.25) is 0 Å². The molecule has 2 rings (SSSR count). The summed E-state index contributed by atoms with van der Waals surface area (Å²) < 4.78 is 19.5. The standard InChI is InChI=1S/C13H17BrFNO/c1-17-13-4-2-3-12(13)16-8-9-7-10(15)5-6-11(9)14/h5-7,12-13,16H,2-4,8H2,1H3. The van der Waals surface area contributed by atoms with E-state index in [1.165, 1.54) is 12.5 Å². The van der Waals surface area contributed by atoms with Crippen LogP contribution in [0.5, 0.6) is 0 Å². The number of benzene rings is 1. The molecule has 17 heavy (non-hydrogen) atoms. The molecule has 0 saturated heterocycles. The van der Waals surface area contributed by atoms with Crippen LogP contribution in [0.3, 0.4) is 0 Å². The average molecular weight is 302 g/mol. The van der Waals surface area contributed by atoms with Gasteiger partial charge in [-0.2, -0.15) is 0 Å². The molecule has 1 N–H and O–H groups in total. The monoisotopic (exact) mass is 301 g/mol. The van der Waals surface area contributed by atoms with Gasteiger partial charge in [-0.15, -0.1) is 0 Å². The third-order valence-electron chi connectivity index (χ3n) is 3.32. The third kappa shape index (κ3) is 3.27. The van der Waals surface area contributed by atoms with E-state index in [-0.39, 0.29) is 5.82 Å². The van der Waals surface area contributed by atoms with Gasteiger partial charge in [0.15, 0.2) is 0 Å². The molecule has 1 aromatic rings. The van der Waals surface area contributed by atoms with Crippen LogP contribution in [0.1, 0.15) is 24.8 Å². The Morgan fingerprint density at radius 1 is 1.47 bits per heavy atom. The second-order valence-electron chi connectivity index (χ2n) is 4.43. The Morgan fingerprint density at radius 2 is 2.29 bits per heavy atom. The van der Waals surface area contributed by atoms with Gasteiger partial charge in [0, 0.05) is 24.2 Å². The summed E-state index contributed by atoms with van der Waals surface area (Å²) in [7, 11) is 1.75. The second-order valence-corrected chi connectivity index (χ2v) is 5.28. The van der Waals surface area contributed by atoms with E-state index < -0.39 is 0 Å². The molecule has 94 valence electrons. The molecule has 0 aromatic heterocycles. The normalized spacial score (nSPS) is 24.2. The van der Waals surface area contributed by atoms with E-state index >= 15 is 0 Å². The molecule has 0 bridgehead atoms. The lowest BCUT2D eigenvalue weighted by atomic mass is 10.1. The van der Waals surface area contributed by atoms with Crippen molar-refractivity contribution >= 4 is 15.9 Å². The molecule has 1 aliphatic rings. The lowest BCUT2D eigenvalue weighted by Gasteiger charge is -2.20. The van der Waals surface area contributed by atoms with Crippen molar-refractivity contribution in [1.29, 1.82) is 0 Å². The van der Waals surface area contributed by atoms with Gasteiger partial charge < -0.3 is 10.1 Å². The lowest BCUT2D eigenvalue weighted by Crippen LogP contribution is -2.36. The molecule has 0 spiro atoms. The molecule has 4 heteroatoms. The van der Waals surface area contributed by atoms with E-state index in [0.29, 0.717) is 18.7 Å². The molecule has 2 atom stereocenters. The Hall–Kier alpha value is -0.450. The first kappa shape index (κ1) is 13.0. The number of methoxy groups -OCH3 is 1. The van der Waals surface area contributed by atoms with E-state index in [4.69, 9.17) is 4.74 Å². The number of halogens is 2. The average Bonchev–Trinajstić information content (AvgIpc) is 2.77. The fraction of sp³-hybridized carbons (Fsp3) is 0.538. The highest BCUT2D eigenvalue weighted by molar-refractivity contribution is 9.10. The highest BCUT2D eigenvalue weighted by Crippen LogP contribution is 2.23. The van der Waals surface area contributed by atoms with E-state index in [1.807, 2.05) is 0 Å². The maximum atomic E-state index is 13.1. The van der Waals surface area contributed by atoms with Crippen LogP contribution in [0.15, 0.2) is 22.7 Å². The van der Waals surface area contributed by atoms with E-state index in [9.17, 15) is 4.39 Å². The van der Waals surface area contributed by atoms with Gasteiger partial charge in [0.25, 0.3) is 0 Å². The fourth-order valence-corrected chi connectivity index (χ4v) is 2.75. The summed E-state index contributed by atoms with van der Waals surface area (Å²) in [6, 6.07) is 5.15. The van der Waals surface area contributed by atoms with Gasteiger partial charge in [0.05, 0.1) is 6.10 Å². The SMILES string of the molecule is COC1CCCC1NCc1cc(F)ccc1Br. The smallest absolute Gasteiger partial charge is 0.123 e. The zero-order valence-electron chi connectivity index (χ0n) is 9.88. The van der Waals surface area contributed by atoms with Crippen molar-refractivity contribution in [2.75, 3.05) is 7.11 Å². The van der Waals surface area contributed by atoms with Crippen LogP contribution in [-0.2, 0) is 11.3 Å². The molecule has 0 heterocycles. The van der Waals surface area contributed by atoms with Crippen molar-refractivity contribution in [2.24, 2.45) is 0 Å². The van der Waals surface area contributed by atoms with E-state index in [0.717, 1.165) is 22.9 Å². The van der Waals surface area contributed by atoms with E-state index in [2.05, 4.69) is 21.2 Å². The predicted octanol–water partition coefficient (Wildman–Crippen LogP) is 3.25. The first-order valence-electron chi connectivity index (χ1n) is 5.91. The summed E-state index contributed by atoms with van der Waals surface area (Å²) in [6.45, 7) is 0.670. The third-order valence-corrected chi connectivity index (χ3v) is 4.09. The van der Waals surface area contributed by atoms with Crippen molar-refractivity contribution in [1.82, 2.24) is 5.32 Å². The predicted molar refractivity (Wildman–Crippen MR) is 69.4 cm³/mol.